The fraction of sp³-hybridized carbons (Fsp3) is 0.294. The summed E-state index contributed by atoms with van der Waals surface area (Å²) in [4.78, 5) is 25.0. The number of benzene rings is 1. The maximum atomic E-state index is 12.5. The monoisotopic (exact) mass is 378 g/mol. The first-order valence-electron chi connectivity index (χ1n) is 8.04. The van der Waals surface area contributed by atoms with E-state index in [1.807, 2.05) is 0 Å². The number of hydrogen-bond acceptors (Lipinski definition) is 5. The van der Waals surface area contributed by atoms with Crippen LogP contribution in [0.4, 0.5) is 0 Å². The van der Waals surface area contributed by atoms with Crippen LogP contribution in [-0.4, -0.2) is 42.9 Å². The normalized spacial score (nSPS) is 17.4. The molecule has 2 heterocycles. The molecule has 0 saturated carbocycles. The summed E-state index contributed by atoms with van der Waals surface area (Å²) < 4.78 is 32.0. The van der Waals surface area contributed by atoms with Gasteiger partial charge in [-0.15, -0.1) is 0 Å². The topological polar surface area (TPSA) is 117 Å². The van der Waals surface area contributed by atoms with E-state index in [0.717, 1.165) is 0 Å². The van der Waals surface area contributed by atoms with E-state index in [1.54, 1.807) is 12.1 Å². The van der Waals surface area contributed by atoms with Gasteiger partial charge in [-0.25, -0.2) is 17.9 Å². The quantitative estimate of drug-likeness (QED) is 0.786. The second kappa shape index (κ2) is 7.30. The lowest BCUT2D eigenvalue weighted by Gasteiger charge is -2.21. The van der Waals surface area contributed by atoms with Gasteiger partial charge in [0, 0.05) is 12.1 Å². The molecule has 1 aliphatic rings. The van der Waals surface area contributed by atoms with Gasteiger partial charge in [0.05, 0.1) is 17.7 Å². The largest absolute Gasteiger partial charge is 0.480 e. The molecule has 1 aliphatic heterocycles. The van der Waals surface area contributed by atoms with Crippen LogP contribution in [0.1, 0.15) is 29.0 Å². The first-order chi connectivity index (χ1) is 12.4. The Hall–Kier alpha value is -2.65. The third kappa shape index (κ3) is 3.78. The Morgan fingerprint density at radius 3 is 2.58 bits per heavy atom. The van der Waals surface area contributed by atoms with E-state index in [9.17, 15) is 23.1 Å². The van der Waals surface area contributed by atoms with E-state index in [4.69, 9.17) is 4.42 Å². The number of aliphatic carboxylic acids is 1. The molecule has 1 aromatic heterocycles. The highest BCUT2D eigenvalue weighted by Gasteiger charge is 2.34. The molecule has 0 aliphatic carbocycles. The standard InChI is InChI=1S/C17H18N2O6S/c20-16(19-9-1-4-15(19)17(21)22)12-5-7-14(8-6-12)26(23,24)18-11-13-3-2-10-25-13/h2-3,5-8,10,15,18H,1,4,9,11H2,(H,21,22)/t15-/m1/s1. The van der Waals surface area contributed by atoms with Crippen molar-refractivity contribution in [3.05, 3.63) is 54.0 Å². The molecule has 0 spiro atoms. The summed E-state index contributed by atoms with van der Waals surface area (Å²) in [6, 6.07) is 7.90. The van der Waals surface area contributed by atoms with Crippen molar-refractivity contribution < 1.29 is 27.5 Å². The molecule has 1 saturated heterocycles. The van der Waals surface area contributed by atoms with Crippen molar-refractivity contribution in [2.75, 3.05) is 6.54 Å². The molecule has 1 atom stereocenters. The van der Waals surface area contributed by atoms with Crippen molar-refractivity contribution in [1.82, 2.24) is 9.62 Å². The minimum atomic E-state index is -3.75. The van der Waals surface area contributed by atoms with Crippen molar-refractivity contribution in [3.8, 4) is 0 Å². The molecule has 3 rings (SSSR count). The van der Waals surface area contributed by atoms with Crippen LogP contribution in [0.5, 0.6) is 0 Å². The van der Waals surface area contributed by atoms with E-state index in [-0.39, 0.29) is 17.0 Å². The first kappa shape index (κ1) is 18.2. The summed E-state index contributed by atoms with van der Waals surface area (Å²) in [6.45, 7) is 0.393. The number of hydrogen-bond donors (Lipinski definition) is 2. The molecule has 138 valence electrons. The van der Waals surface area contributed by atoms with Gasteiger partial charge in [-0.3, -0.25) is 4.79 Å². The van der Waals surface area contributed by atoms with Gasteiger partial charge in [0.2, 0.25) is 10.0 Å². The molecular formula is C17H18N2O6S. The van der Waals surface area contributed by atoms with Crippen LogP contribution in [0.15, 0.2) is 52.0 Å². The number of furan rings is 1. The first-order valence-corrected chi connectivity index (χ1v) is 9.53. The second-order valence-electron chi connectivity index (χ2n) is 5.92. The number of rotatable bonds is 6. The maximum Gasteiger partial charge on any atom is 0.326 e. The van der Waals surface area contributed by atoms with E-state index in [0.29, 0.717) is 25.1 Å². The summed E-state index contributed by atoms with van der Waals surface area (Å²) >= 11 is 0. The molecular weight excluding hydrogens is 360 g/mol. The molecule has 8 nitrogen and oxygen atoms in total. The Labute approximate surface area is 150 Å². The lowest BCUT2D eigenvalue weighted by molar-refractivity contribution is -0.141. The Kier molecular flexibility index (Phi) is 5.10. The zero-order valence-electron chi connectivity index (χ0n) is 13.8. The van der Waals surface area contributed by atoms with Gasteiger partial charge in [0.15, 0.2) is 0 Å². The SMILES string of the molecule is O=C(O)[C@H]1CCCN1C(=O)c1ccc(S(=O)(=O)NCc2ccco2)cc1. The number of carboxylic acids is 1. The fourth-order valence-electron chi connectivity index (χ4n) is 2.87. The zero-order valence-corrected chi connectivity index (χ0v) is 14.6. The third-order valence-corrected chi connectivity index (χ3v) is 5.64. The number of carbonyl (C=O) groups excluding carboxylic acids is 1. The Bertz CT molecular complexity index is 890. The van der Waals surface area contributed by atoms with E-state index < -0.39 is 27.9 Å². The third-order valence-electron chi connectivity index (χ3n) is 4.23. The average Bonchev–Trinajstić information content (AvgIpc) is 3.31. The van der Waals surface area contributed by atoms with Gasteiger partial charge >= 0.3 is 5.97 Å². The Morgan fingerprint density at radius 2 is 1.96 bits per heavy atom. The number of sulfonamides is 1. The van der Waals surface area contributed by atoms with Crippen LogP contribution in [0.25, 0.3) is 0 Å². The van der Waals surface area contributed by atoms with Crippen LogP contribution in [0.2, 0.25) is 0 Å². The zero-order chi connectivity index (χ0) is 18.7. The summed E-state index contributed by atoms with van der Waals surface area (Å²) in [6.07, 6.45) is 2.50. The fourth-order valence-corrected chi connectivity index (χ4v) is 3.86. The highest BCUT2D eigenvalue weighted by atomic mass is 32.2. The number of likely N-dealkylation sites (tertiary alicyclic amines) is 1. The summed E-state index contributed by atoms with van der Waals surface area (Å²) in [5, 5.41) is 9.18. The Morgan fingerprint density at radius 1 is 1.23 bits per heavy atom. The highest BCUT2D eigenvalue weighted by molar-refractivity contribution is 7.89. The molecule has 2 N–H and O–H groups in total. The second-order valence-corrected chi connectivity index (χ2v) is 7.69. The van der Waals surface area contributed by atoms with Gasteiger partial charge in [0.1, 0.15) is 11.8 Å². The summed E-state index contributed by atoms with van der Waals surface area (Å²) in [5.74, 6) is -0.964. The Balaban J connectivity index is 1.71. The smallest absolute Gasteiger partial charge is 0.326 e. The van der Waals surface area contributed by atoms with Gasteiger partial charge in [-0.05, 0) is 49.2 Å². The molecule has 1 fully saturated rings. The van der Waals surface area contributed by atoms with Crippen molar-refractivity contribution in [2.24, 2.45) is 0 Å². The van der Waals surface area contributed by atoms with Crippen molar-refractivity contribution in [2.45, 2.75) is 30.3 Å². The number of carboxylic acid groups (broad SMARTS) is 1. The molecule has 2 aromatic rings. The maximum absolute atomic E-state index is 12.5. The van der Waals surface area contributed by atoms with Crippen molar-refractivity contribution in [1.29, 1.82) is 0 Å². The number of nitrogens with one attached hydrogen (secondary N) is 1. The van der Waals surface area contributed by atoms with E-state index >= 15 is 0 Å². The van der Waals surface area contributed by atoms with E-state index in [2.05, 4.69) is 4.72 Å². The molecule has 1 aromatic carbocycles. The lowest BCUT2D eigenvalue weighted by atomic mass is 10.1. The van der Waals surface area contributed by atoms with Crippen LogP contribution in [0.3, 0.4) is 0 Å². The van der Waals surface area contributed by atoms with Crippen LogP contribution in [0, 0.1) is 0 Å². The molecule has 9 heteroatoms. The van der Waals surface area contributed by atoms with Gasteiger partial charge in [0.25, 0.3) is 5.91 Å². The average molecular weight is 378 g/mol. The molecule has 26 heavy (non-hydrogen) atoms. The number of nitrogens with zero attached hydrogens (tertiary/aromatic N) is 1. The minimum absolute atomic E-state index is 0.0109. The number of amides is 1. The summed E-state index contributed by atoms with van der Waals surface area (Å²) in [5.41, 5.74) is 0.253. The molecule has 1 amide bonds. The van der Waals surface area contributed by atoms with Crippen LogP contribution >= 0.6 is 0 Å². The van der Waals surface area contributed by atoms with E-state index in [1.165, 1.54) is 35.4 Å². The predicted octanol–water partition coefficient (Wildman–Crippen LogP) is 1.45. The minimum Gasteiger partial charge on any atom is -0.480 e. The highest BCUT2D eigenvalue weighted by Crippen LogP contribution is 2.21. The van der Waals surface area contributed by atoms with Crippen LogP contribution < -0.4 is 4.72 Å². The lowest BCUT2D eigenvalue weighted by Crippen LogP contribution is -2.40. The molecule has 0 unspecified atom stereocenters. The molecule has 0 bridgehead atoms. The molecule has 0 radical (unpaired) electrons. The van der Waals surface area contributed by atoms with Crippen LogP contribution in [-0.2, 0) is 21.4 Å². The predicted molar refractivity (Wildman–Crippen MR) is 90.9 cm³/mol. The summed E-state index contributed by atoms with van der Waals surface area (Å²) in [7, 11) is -3.75. The van der Waals surface area contributed by atoms with Crippen molar-refractivity contribution >= 4 is 21.9 Å². The van der Waals surface area contributed by atoms with Crippen molar-refractivity contribution in [3.63, 3.8) is 0 Å². The van der Waals surface area contributed by atoms with Gasteiger partial charge in [-0.2, -0.15) is 0 Å². The van der Waals surface area contributed by atoms with Gasteiger partial charge in [-0.1, -0.05) is 0 Å². The van der Waals surface area contributed by atoms with Gasteiger partial charge < -0.3 is 14.4 Å². The number of carbonyl (C=O) groups is 2.